The van der Waals surface area contributed by atoms with Crippen molar-refractivity contribution in [3.8, 4) is 0 Å². The van der Waals surface area contributed by atoms with E-state index in [-0.39, 0.29) is 19.2 Å². The summed E-state index contributed by atoms with van der Waals surface area (Å²) in [4.78, 5) is 13.5. The fraction of sp³-hybridized carbons (Fsp3) is 0.650. The van der Waals surface area contributed by atoms with Gasteiger partial charge in [0.15, 0.2) is 0 Å². The number of hydrogen-bond donors (Lipinski definition) is 2. The van der Waals surface area contributed by atoms with Crippen molar-refractivity contribution >= 4 is 11.7 Å². The minimum Gasteiger partial charge on any atom is -0.469 e. The third kappa shape index (κ3) is 9.72. The molecule has 1 aromatic carbocycles. The molecule has 0 bridgehead atoms. The van der Waals surface area contributed by atoms with E-state index in [0.29, 0.717) is 45.8 Å². The second kappa shape index (κ2) is 14.4. The van der Waals surface area contributed by atoms with Crippen LogP contribution in [0.3, 0.4) is 0 Å². The lowest BCUT2D eigenvalue weighted by molar-refractivity contribution is -0.140. The largest absolute Gasteiger partial charge is 0.469 e. The van der Waals surface area contributed by atoms with Crippen LogP contribution in [0.2, 0.25) is 0 Å². The molecule has 0 aromatic heterocycles. The van der Waals surface area contributed by atoms with Gasteiger partial charge in [-0.25, -0.2) is 0 Å². The lowest BCUT2D eigenvalue weighted by Gasteiger charge is -2.26. The van der Waals surface area contributed by atoms with Crippen LogP contribution in [0.25, 0.3) is 0 Å². The zero-order valence-electron chi connectivity index (χ0n) is 16.5. The molecular formula is C20H33NO6. The van der Waals surface area contributed by atoms with Crippen LogP contribution in [0.4, 0.5) is 5.69 Å². The molecule has 0 aliphatic rings. The van der Waals surface area contributed by atoms with Crippen LogP contribution >= 0.6 is 0 Å². The van der Waals surface area contributed by atoms with Crippen molar-refractivity contribution in [3.05, 3.63) is 29.3 Å². The van der Waals surface area contributed by atoms with Crippen molar-refractivity contribution < 1.29 is 29.2 Å². The lowest BCUT2D eigenvalue weighted by Crippen LogP contribution is -2.29. The Morgan fingerprint density at radius 2 is 1.59 bits per heavy atom. The average Bonchev–Trinajstić information content (AvgIpc) is 2.70. The highest BCUT2D eigenvalue weighted by Crippen LogP contribution is 2.20. The second-order valence-electron chi connectivity index (χ2n) is 6.22. The monoisotopic (exact) mass is 383 g/mol. The van der Waals surface area contributed by atoms with E-state index in [1.165, 1.54) is 7.11 Å². The Kier molecular flexibility index (Phi) is 12.5. The topological polar surface area (TPSA) is 88.5 Å². The van der Waals surface area contributed by atoms with Crippen molar-refractivity contribution in [1.82, 2.24) is 0 Å². The van der Waals surface area contributed by atoms with Crippen LogP contribution in [-0.2, 0) is 32.2 Å². The first kappa shape index (κ1) is 23.4. The summed E-state index contributed by atoms with van der Waals surface area (Å²) in [6.07, 6.45) is 1.97. The van der Waals surface area contributed by atoms with Crippen molar-refractivity contribution in [2.75, 3.05) is 51.5 Å². The van der Waals surface area contributed by atoms with Crippen LogP contribution in [0.15, 0.2) is 18.2 Å². The molecule has 154 valence electrons. The zero-order chi connectivity index (χ0) is 19.9. The minimum atomic E-state index is -0.237. The maximum Gasteiger partial charge on any atom is 0.305 e. The minimum absolute atomic E-state index is 0.0951. The van der Waals surface area contributed by atoms with E-state index in [1.807, 2.05) is 12.1 Å². The first-order chi connectivity index (χ1) is 13.1. The molecule has 0 radical (unpaired) electrons. The smallest absolute Gasteiger partial charge is 0.305 e. The molecule has 1 rings (SSSR count). The van der Waals surface area contributed by atoms with Gasteiger partial charge in [-0.15, -0.1) is 0 Å². The first-order valence-corrected chi connectivity index (χ1v) is 9.46. The third-order valence-corrected chi connectivity index (χ3v) is 4.03. The van der Waals surface area contributed by atoms with E-state index in [0.717, 1.165) is 29.8 Å². The molecule has 0 amide bonds. The highest BCUT2D eigenvalue weighted by molar-refractivity contribution is 5.69. The summed E-state index contributed by atoms with van der Waals surface area (Å²) in [7, 11) is 1.38. The Bertz CT molecular complexity index is 515. The Labute approximate surface area is 161 Å². The van der Waals surface area contributed by atoms with E-state index in [1.54, 1.807) is 6.07 Å². The van der Waals surface area contributed by atoms with E-state index in [2.05, 4.69) is 11.8 Å². The summed E-state index contributed by atoms with van der Waals surface area (Å²) in [6.45, 7) is 5.52. The Morgan fingerprint density at radius 1 is 0.963 bits per heavy atom. The predicted molar refractivity (Wildman–Crippen MR) is 104 cm³/mol. The third-order valence-electron chi connectivity index (χ3n) is 4.03. The van der Waals surface area contributed by atoms with Gasteiger partial charge in [0, 0.05) is 31.8 Å². The number of anilines is 1. The van der Waals surface area contributed by atoms with Crippen molar-refractivity contribution in [2.24, 2.45) is 0 Å². The second-order valence-corrected chi connectivity index (χ2v) is 6.22. The van der Waals surface area contributed by atoms with E-state index < -0.39 is 0 Å². The predicted octanol–water partition coefficient (Wildman–Crippen LogP) is 1.87. The number of rotatable bonds is 15. The summed E-state index contributed by atoms with van der Waals surface area (Å²) in [5.74, 6) is -0.237. The number of aliphatic hydroxyl groups is 2. The number of aliphatic hydroxyl groups excluding tert-OH is 2. The molecule has 0 heterocycles. The number of hydrogen-bond acceptors (Lipinski definition) is 7. The molecule has 0 saturated carbocycles. The summed E-state index contributed by atoms with van der Waals surface area (Å²) >= 11 is 0. The molecule has 1 aromatic rings. The highest BCUT2D eigenvalue weighted by atomic mass is 16.5. The molecule has 0 fully saturated rings. The number of nitrogens with zero attached hydrogens (tertiary/aromatic N) is 1. The van der Waals surface area contributed by atoms with Crippen LogP contribution in [0.5, 0.6) is 0 Å². The van der Waals surface area contributed by atoms with E-state index in [4.69, 9.17) is 14.2 Å². The average molecular weight is 383 g/mol. The quantitative estimate of drug-likeness (QED) is 0.353. The van der Waals surface area contributed by atoms with Gasteiger partial charge in [0.05, 0.1) is 40.1 Å². The number of esters is 1. The number of carbonyl (C=O) groups excluding carboxylic acids is 1. The molecule has 0 saturated heterocycles. The van der Waals surface area contributed by atoms with Gasteiger partial charge in [0.1, 0.15) is 0 Å². The lowest BCUT2D eigenvalue weighted by atomic mass is 10.1. The zero-order valence-corrected chi connectivity index (χ0v) is 16.5. The Hall–Kier alpha value is -1.67. The molecule has 7 nitrogen and oxygen atoms in total. The van der Waals surface area contributed by atoms with Crippen LogP contribution in [0.1, 0.15) is 37.3 Å². The molecule has 2 N–H and O–H groups in total. The van der Waals surface area contributed by atoms with Crippen molar-refractivity contribution in [3.63, 3.8) is 0 Å². The maximum absolute atomic E-state index is 11.4. The number of methoxy groups -OCH3 is 1. The fourth-order valence-corrected chi connectivity index (χ4v) is 2.64. The van der Waals surface area contributed by atoms with Gasteiger partial charge in [0.25, 0.3) is 0 Å². The molecule has 0 aliphatic heterocycles. The van der Waals surface area contributed by atoms with E-state index >= 15 is 0 Å². The van der Waals surface area contributed by atoms with Gasteiger partial charge in [-0.1, -0.05) is 13.0 Å². The van der Waals surface area contributed by atoms with Crippen molar-refractivity contribution in [1.29, 1.82) is 0 Å². The Morgan fingerprint density at radius 3 is 2.15 bits per heavy atom. The van der Waals surface area contributed by atoms with Crippen LogP contribution < -0.4 is 4.90 Å². The Balaban J connectivity index is 2.65. The maximum atomic E-state index is 11.4. The SMILES string of the molecule is CCCOCCOCCN(CCCC(=O)OC)c1cc(CO)cc(CO)c1. The number of ether oxygens (including phenoxy) is 3. The first-order valence-electron chi connectivity index (χ1n) is 9.46. The fourth-order valence-electron chi connectivity index (χ4n) is 2.64. The van der Waals surface area contributed by atoms with Gasteiger partial charge in [0.2, 0.25) is 0 Å². The highest BCUT2D eigenvalue weighted by Gasteiger charge is 2.11. The van der Waals surface area contributed by atoms with E-state index in [9.17, 15) is 15.0 Å². The molecule has 0 atom stereocenters. The summed E-state index contributed by atoms with van der Waals surface area (Å²) < 4.78 is 15.7. The molecule has 7 heteroatoms. The molecule has 0 spiro atoms. The molecule has 0 aliphatic carbocycles. The number of benzene rings is 1. The van der Waals surface area contributed by atoms with Crippen molar-refractivity contribution in [2.45, 2.75) is 39.4 Å². The molecule has 27 heavy (non-hydrogen) atoms. The summed E-state index contributed by atoms with van der Waals surface area (Å²) in [6, 6.07) is 5.56. The van der Waals surface area contributed by atoms with Crippen LogP contribution in [-0.4, -0.2) is 62.8 Å². The van der Waals surface area contributed by atoms with Crippen LogP contribution in [0, 0.1) is 0 Å². The van der Waals surface area contributed by atoms with Gasteiger partial charge in [-0.3, -0.25) is 4.79 Å². The van der Waals surface area contributed by atoms with Gasteiger partial charge >= 0.3 is 5.97 Å². The normalized spacial score (nSPS) is 10.8. The standard InChI is InChI=1S/C20H33NO6/c1-3-8-26-10-11-27-9-7-21(6-4-5-20(24)25-2)19-13-17(15-22)12-18(14-19)16-23/h12-14,22-23H,3-11,15-16H2,1-2H3. The number of carbonyl (C=O) groups is 1. The van der Waals surface area contributed by atoms with Gasteiger partial charge < -0.3 is 29.3 Å². The van der Waals surface area contributed by atoms with Gasteiger partial charge in [-0.2, -0.15) is 0 Å². The van der Waals surface area contributed by atoms with Gasteiger partial charge in [-0.05, 0) is 36.1 Å². The summed E-state index contributed by atoms with van der Waals surface area (Å²) in [5.41, 5.74) is 2.37. The molecule has 0 unspecified atom stereocenters. The summed E-state index contributed by atoms with van der Waals surface area (Å²) in [5, 5.41) is 18.9. The molecular weight excluding hydrogens is 350 g/mol.